The first-order valence-corrected chi connectivity index (χ1v) is 12.9. The Balaban J connectivity index is 1.43. The van der Waals surface area contributed by atoms with Crippen molar-refractivity contribution in [3.8, 4) is 11.1 Å². The molecule has 2 N–H and O–H groups in total. The Kier molecular flexibility index (Phi) is 6.65. The van der Waals surface area contributed by atoms with Crippen LogP contribution in [0, 0.1) is 19.8 Å². The van der Waals surface area contributed by atoms with Crippen LogP contribution in [0.5, 0.6) is 0 Å². The topological polar surface area (TPSA) is 121 Å². The number of carbonyl (C=O) groups excluding carboxylic acids is 2. The number of benzene rings is 1. The number of pyridine rings is 1. The average molecular weight is 516 g/mol. The molecule has 2 aliphatic rings. The number of aromatic nitrogens is 2. The lowest BCUT2D eigenvalue weighted by molar-refractivity contribution is -0.134. The van der Waals surface area contributed by atoms with E-state index < -0.39 is 23.6 Å². The maximum absolute atomic E-state index is 13.8. The van der Waals surface area contributed by atoms with Crippen molar-refractivity contribution in [2.45, 2.75) is 64.6 Å². The summed E-state index contributed by atoms with van der Waals surface area (Å²) in [5.74, 6) is -0.172. The van der Waals surface area contributed by atoms with E-state index in [-0.39, 0.29) is 24.3 Å². The minimum atomic E-state index is -1.15. The Hall–Kier alpha value is -3.85. The molecule has 5 rings (SSSR count). The van der Waals surface area contributed by atoms with Gasteiger partial charge >= 0.3 is 0 Å². The molecule has 3 aromatic rings. The average Bonchev–Trinajstić information content (AvgIpc) is 3.57. The summed E-state index contributed by atoms with van der Waals surface area (Å²) in [6, 6.07) is 12.9. The summed E-state index contributed by atoms with van der Waals surface area (Å²) in [5.41, 5.74) is 3.24. The van der Waals surface area contributed by atoms with E-state index in [1.54, 1.807) is 24.1 Å². The Labute approximate surface area is 222 Å². The zero-order valence-electron chi connectivity index (χ0n) is 22.3. The van der Waals surface area contributed by atoms with E-state index in [1.807, 2.05) is 64.1 Å². The number of β-amino-alcohol motifs (C(OH)–C–C–N with tert-alkyl or cyclic N) is 1. The number of aliphatic imine (C=N–C) groups is 1. The van der Waals surface area contributed by atoms with Gasteiger partial charge in [-0.15, -0.1) is 0 Å². The Morgan fingerprint density at radius 2 is 1.95 bits per heavy atom. The molecule has 38 heavy (non-hydrogen) atoms. The van der Waals surface area contributed by atoms with Crippen molar-refractivity contribution in [3.05, 3.63) is 71.4 Å². The van der Waals surface area contributed by atoms with Crippen LogP contribution in [0.2, 0.25) is 0 Å². The number of amides is 2. The van der Waals surface area contributed by atoms with Crippen LogP contribution in [0.25, 0.3) is 11.1 Å². The van der Waals surface area contributed by atoms with E-state index in [4.69, 9.17) is 9.52 Å². The van der Waals surface area contributed by atoms with Crippen LogP contribution in [-0.4, -0.2) is 56.5 Å². The smallest absolute Gasteiger partial charge is 0.257 e. The van der Waals surface area contributed by atoms with Gasteiger partial charge in [0.05, 0.1) is 17.8 Å². The molecule has 4 heterocycles. The fraction of sp³-hybridized carbons (Fsp3) is 0.414. The summed E-state index contributed by atoms with van der Waals surface area (Å²) in [4.78, 5) is 37.8. The molecule has 1 fully saturated rings. The molecule has 2 amide bonds. The van der Waals surface area contributed by atoms with E-state index in [9.17, 15) is 14.7 Å². The van der Waals surface area contributed by atoms with Crippen LogP contribution in [0.1, 0.15) is 55.8 Å². The van der Waals surface area contributed by atoms with E-state index in [2.05, 4.69) is 15.5 Å². The predicted octanol–water partition coefficient (Wildman–Crippen LogP) is 3.50. The van der Waals surface area contributed by atoms with E-state index in [0.29, 0.717) is 23.7 Å². The first-order valence-electron chi connectivity index (χ1n) is 12.9. The number of hydrogen-bond donors (Lipinski definition) is 2. The lowest BCUT2D eigenvalue weighted by Gasteiger charge is -2.29. The molecule has 1 saturated heterocycles. The summed E-state index contributed by atoms with van der Waals surface area (Å²) in [7, 11) is 0. The highest BCUT2D eigenvalue weighted by Crippen LogP contribution is 2.35. The van der Waals surface area contributed by atoms with Gasteiger partial charge in [0.15, 0.2) is 5.54 Å². The van der Waals surface area contributed by atoms with Gasteiger partial charge in [0.1, 0.15) is 17.5 Å². The van der Waals surface area contributed by atoms with Gasteiger partial charge in [-0.2, -0.15) is 0 Å². The fourth-order valence-electron chi connectivity index (χ4n) is 5.44. The lowest BCUT2D eigenvalue weighted by Crippen LogP contribution is -2.48. The van der Waals surface area contributed by atoms with E-state index >= 15 is 0 Å². The molecular formula is C29H33N5O4. The minimum Gasteiger partial charge on any atom is -0.391 e. The minimum absolute atomic E-state index is 0.0550. The summed E-state index contributed by atoms with van der Waals surface area (Å²) in [5, 5.41) is 17.4. The Morgan fingerprint density at radius 3 is 2.58 bits per heavy atom. The second-order valence-electron chi connectivity index (χ2n) is 10.7. The number of aliphatic hydroxyl groups is 1. The van der Waals surface area contributed by atoms with Crippen molar-refractivity contribution in [1.82, 2.24) is 20.4 Å². The molecule has 1 aromatic carbocycles. The van der Waals surface area contributed by atoms with Crippen LogP contribution in [-0.2, 0) is 15.1 Å². The maximum atomic E-state index is 13.8. The van der Waals surface area contributed by atoms with Gasteiger partial charge in [-0.25, -0.2) is 4.99 Å². The number of rotatable bonds is 6. The molecular weight excluding hydrogens is 482 g/mol. The van der Waals surface area contributed by atoms with Crippen LogP contribution in [0.15, 0.2) is 58.2 Å². The Bertz CT molecular complexity index is 1400. The highest BCUT2D eigenvalue weighted by atomic mass is 16.5. The summed E-state index contributed by atoms with van der Waals surface area (Å²) < 4.78 is 5.45. The maximum Gasteiger partial charge on any atom is 0.257 e. The number of carbonyl (C=O) groups is 2. The normalized spacial score (nSPS) is 24.0. The molecule has 0 spiro atoms. The summed E-state index contributed by atoms with van der Waals surface area (Å²) in [6.07, 6.45) is 1.33. The lowest BCUT2D eigenvalue weighted by atomic mass is 9.91. The first kappa shape index (κ1) is 25.8. The zero-order chi connectivity index (χ0) is 27.2. The number of nitrogens with zero attached hydrogens (tertiary/aromatic N) is 4. The summed E-state index contributed by atoms with van der Waals surface area (Å²) in [6.45, 7) is 9.60. The molecule has 0 radical (unpaired) electrons. The van der Waals surface area contributed by atoms with Crippen LogP contribution >= 0.6 is 0 Å². The highest BCUT2D eigenvalue weighted by molar-refractivity contribution is 6.11. The third-order valence-corrected chi connectivity index (χ3v) is 7.56. The number of likely N-dealkylation sites (tertiary alicyclic amines) is 1. The molecule has 2 aliphatic heterocycles. The van der Waals surface area contributed by atoms with Gasteiger partial charge in [0, 0.05) is 36.5 Å². The van der Waals surface area contributed by atoms with Crippen LogP contribution in [0.3, 0.4) is 0 Å². The van der Waals surface area contributed by atoms with Crippen molar-refractivity contribution in [3.63, 3.8) is 0 Å². The molecule has 9 heteroatoms. The van der Waals surface area contributed by atoms with Crippen molar-refractivity contribution in [1.29, 1.82) is 0 Å². The second-order valence-corrected chi connectivity index (χ2v) is 10.7. The first-order chi connectivity index (χ1) is 18.1. The van der Waals surface area contributed by atoms with Crippen LogP contribution in [0.4, 0.5) is 0 Å². The SMILES string of the molecule is Cc1cc([C@H](C(=O)N2C[C@H](O)C[C@H]2C2=N[C@@](C)(c3ccc(-c4cccnc4C)cc3)C(=O)N2)C(C)C)on1. The molecule has 0 aliphatic carbocycles. The molecule has 198 valence electrons. The van der Waals surface area contributed by atoms with Gasteiger partial charge in [-0.3, -0.25) is 14.6 Å². The van der Waals surface area contributed by atoms with Crippen molar-refractivity contribution < 1.29 is 19.2 Å². The van der Waals surface area contributed by atoms with Gasteiger partial charge in [-0.1, -0.05) is 49.3 Å². The third-order valence-electron chi connectivity index (χ3n) is 7.56. The largest absolute Gasteiger partial charge is 0.391 e. The van der Waals surface area contributed by atoms with E-state index in [0.717, 1.165) is 22.4 Å². The second kappa shape index (κ2) is 9.79. The molecule has 0 bridgehead atoms. The third kappa shape index (κ3) is 4.51. The number of nitrogens with one attached hydrogen (secondary N) is 1. The van der Waals surface area contributed by atoms with E-state index in [1.165, 1.54) is 0 Å². The number of aryl methyl sites for hydroxylation is 2. The fourth-order valence-corrected chi connectivity index (χ4v) is 5.44. The molecule has 0 saturated carbocycles. The monoisotopic (exact) mass is 515 g/mol. The summed E-state index contributed by atoms with van der Waals surface area (Å²) >= 11 is 0. The standard InChI is InChI=1S/C29H33N5O4/c1-16(2)25(24-13-17(3)33-38-24)27(36)34-15-21(35)14-23(34)26-31-28(37)29(5,32-26)20-10-8-19(9-11-20)22-7-6-12-30-18(22)4/h6-13,16,21,23,25,35H,14-15H2,1-5H3,(H,31,32,37)/t21-,23+,25-,29+/m1/s1. The van der Waals surface area contributed by atoms with Gasteiger partial charge in [0.2, 0.25) is 5.91 Å². The number of aliphatic hydroxyl groups excluding tert-OH is 1. The molecule has 4 atom stereocenters. The number of hydrogen-bond acceptors (Lipinski definition) is 7. The van der Waals surface area contributed by atoms with Gasteiger partial charge in [0.25, 0.3) is 5.91 Å². The number of amidine groups is 1. The van der Waals surface area contributed by atoms with Crippen molar-refractivity contribution in [2.24, 2.45) is 10.9 Å². The molecule has 9 nitrogen and oxygen atoms in total. The molecule has 2 aromatic heterocycles. The molecule has 0 unspecified atom stereocenters. The van der Waals surface area contributed by atoms with Gasteiger partial charge < -0.3 is 19.8 Å². The van der Waals surface area contributed by atoms with Crippen molar-refractivity contribution >= 4 is 17.6 Å². The highest BCUT2D eigenvalue weighted by Gasteiger charge is 2.48. The quantitative estimate of drug-likeness (QED) is 0.518. The Morgan fingerprint density at radius 1 is 1.21 bits per heavy atom. The van der Waals surface area contributed by atoms with Gasteiger partial charge in [-0.05, 0) is 43.9 Å². The zero-order valence-corrected chi connectivity index (χ0v) is 22.3. The van der Waals surface area contributed by atoms with Crippen LogP contribution < -0.4 is 5.32 Å². The predicted molar refractivity (Wildman–Crippen MR) is 142 cm³/mol. The van der Waals surface area contributed by atoms with Crippen molar-refractivity contribution in [2.75, 3.05) is 6.54 Å².